The molecule has 1 atom stereocenters. The summed E-state index contributed by atoms with van der Waals surface area (Å²) in [5.41, 5.74) is 0. The van der Waals surface area contributed by atoms with E-state index in [9.17, 15) is 0 Å². The van der Waals surface area contributed by atoms with Crippen LogP contribution in [-0.2, 0) is 0 Å². The molecule has 2 nitrogen and oxygen atoms in total. The maximum Gasteiger partial charge on any atom is 0.142 e. The quantitative estimate of drug-likeness (QED) is 0.693. The Morgan fingerprint density at radius 2 is 2.55 bits per heavy atom. The van der Waals surface area contributed by atoms with Crippen LogP contribution in [-0.4, -0.2) is 15.2 Å². The highest BCUT2D eigenvalue weighted by molar-refractivity contribution is 14.2. The van der Waals surface area contributed by atoms with Gasteiger partial charge in [-0.1, -0.05) is 27.7 Å². The predicted molar refractivity (Wildman–Crippen MR) is 56.9 cm³/mol. The zero-order valence-electron chi connectivity index (χ0n) is 6.21. The van der Waals surface area contributed by atoms with Crippen molar-refractivity contribution in [2.75, 3.05) is 0 Å². The fourth-order valence-electron chi connectivity index (χ4n) is 0.920. The Bertz CT molecular complexity index is 283. The normalized spacial score (nSPS) is 22.1. The number of aromatic amines is 1. The van der Waals surface area contributed by atoms with E-state index in [2.05, 4.69) is 27.0 Å². The van der Waals surface area contributed by atoms with Crippen molar-refractivity contribution in [1.82, 2.24) is 4.98 Å². The minimum Gasteiger partial charge on any atom is -0.346 e. The van der Waals surface area contributed by atoms with Gasteiger partial charge < -0.3 is 4.98 Å². The lowest BCUT2D eigenvalue weighted by Gasteiger charge is -1.89. The highest BCUT2D eigenvalue weighted by Gasteiger charge is 2.03. The fourth-order valence-corrected chi connectivity index (χ4v) is 3.04. The molecule has 1 aliphatic heterocycles. The maximum atomic E-state index is 4.34. The molecule has 0 aromatic carbocycles. The van der Waals surface area contributed by atoms with Crippen LogP contribution in [0.3, 0.4) is 0 Å². The van der Waals surface area contributed by atoms with Gasteiger partial charge in [0.25, 0.3) is 0 Å². The van der Waals surface area contributed by atoms with Crippen molar-refractivity contribution in [3.63, 3.8) is 0 Å². The van der Waals surface area contributed by atoms with E-state index in [0.717, 1.165) is 5.82 Å². The molecule has 11 heavy (non-hydrogen) atoms. The largest absolute Gasteiger partial charge is 0.346 e. The maximum absolute atomic E-state index is 4.34. The van der Waals surface area contributed by atoms with Crippen LogP contribution in [0.2, 0.25) is 0 Å². The zero-order chi connectivity index (χ0) is 7.68. The van der Waals surface area contributed by atoms with Gasteiger partial charge in [-0.05, 0) is 10.1 Å². The zero-order valence-corrected chi connectivity index (χ0v) is 8.37. The van der Waals surface area contributed by atoms with Crippen LogP contribution in [0.1, 0.15) is 6.92 Å². The molecule has 1 aromatic rings. The number of halogens is 1. The number of aliphatic imine (C=N–C) groups is 1. The van der Waals surface area contributed by atoms with Crippen molar-refractivity contribution in [3.8, 4) is 0 Å². The molecule has 58 valence electrons. The number of aromatic nitrogens is 1. The van der Waals surface area contributed by atoms with Gasteiger partial charge in [-0.15, -0.1) is 0 Å². The third kappa shape index (κ3) is 1.42. The lowest BCUT2D eigenvalue weighted by Crippen LogP contribution is -1.92. The van der Waals surface area contributed by atoms with Crippen molar-refractivity contribution in [2.45, 2.75) is 6.92 Å². The van der Waals surface area contributed by atoms with Gasteiger partial charge in [-0.25, -0.2) is 4.99 Å². The molecular formula is C8H9IN2. The molecule has 0 saturated heterocycles. The smallest absolute Gasteiger partial charge is 0.142 e. The number of fused-ring (bicyclic) bond motifs is 1. The van der Waals surface area contributed by atoms with Crippen LogP contribution >= 0.6 is 20.7 Å². The van der Waals surface area contributed by atoms with Crippen LogP contribution in [0.15, 0.2) is 17.3 Å². The summed E-state index contributed by atoms with van der Waals surface area (Å²) in [4.78, 5) is 7.47. The van der Waals surface area contributed by atoms with Crippen molar-refractivity contribution in [3.05, 3.63) is 15.8 Å². The molecule has 0 fully saturated rings. The minimum absolute atomic E-state index is 0.0836. The summed E-state index contributed by atoms with van der Waals surface area (Å²) in [5, 5.41) is 0. The monoisotopic (exact) mass is 260 g/mol. The van der Waals surface area contributed by atoms with Crippen LogP contribution in [0, 0.1) is 9.49 Å². The van der Waals surface area contributed by atoms with Crippen LogP contribution < -0.4 is 0 Å². The summed E-state index contributed by atoms with van der Waals surface area (Å²) in [7, 11) is 0. The van der Waals surface area contributed by atoms with Crippen LogP contribution in [0.25, 0.3) is 0 Å². The Labute approximate surface area is 75.5 Å². The lowest BCUT2D eigenvalue weighted by molar-refractivity contribution is 1.13. The van der Waals surface area contributed by atoms with Gasteiger partial charge >= 0.3 is 0 Å². The molecule has 1 unspecified atom stereocenters. The molecular weight excluding hydrogens is 251 g/mol. The molecule has 0 aliphatic carbocycles. The fraction of sp³-hybridized carbons (Fsp3) is 0.250. The Kier molecular flexibility index (Phi) is 1.89. The van der Waals surface area contributed by atoms with Crippen molar-refractivity contribution >= 4 is 36.8 Å². The number of rotatable bonds is 0. The number of hydrogen-bond acceptors (Lipinski definition) is 1. The summed E-state index contributed by atoms with van der Waals surface area (Å²) >= 11 is 0.0836. The standard InChI is InChI=1S/C8H9IN2/c1-6-4-9-7-2-3-10-8(7)11-5-6/h2-6,10H,1H3. The number of nitrogens with zero attached hydrogens (tertiary/aromatic N) is 1. The third-order valence-corrected chi connectivity index (χ3v) is 4.53. The first-order valence-electron chi connectivity index (χ1n) is 3.54. The molecule has 0 amide bonds. The summed E-state index contributed by atoms with van der Waals surface area (Å²) in [5.74, 6) is 1.61. The van der Waals surface area contributed by atoms with Crippen LogP contribution in [0.5, 0.6) is 0 Å². The van der Waals surface area contributed by atoms with E-state index >= 15 is 0 Å². The van der Waals surface area contributed by atoms with Crippen molar-refractivity contribution in [2.24, 2.45) is 10.9 Å². The molecule has 1 aliphatic rings. The molecule has 2 heterocycles. The van der Waals surface area contributed by atoms with Gasteiger partial charge in [0, 0.05) is 18.3 Å². The first-order chi connectivity index (χ1) is 5.36. The predicted octanol–water partition coefficient (Wildman–Crippen LogP) is 2.31. The minimum atomic E-state index is 0.0836. The Morgan fingerprint density at radius 1 is 1.64 bits per heavy atom. The topological polar surface area (TPSA) is 28.1 Å². The highest BCUT2D eigenvalue weighted by Crippen LogP contribution is 2.25. The molecule has 3 heteroatoms. The molecule has 0 saturated carbocycles. The van der Waals surface area contributed by atoms with E-state index in [0.29, 0.717) is 5.92 Å². The van der Waals surface area contributed by atoms with E-state index in [1.165, 1.54) is 3.57 Å². The van der Waals surface area contributed by atoms with Gasteiger partial charge in [0.15, 0.2) is 0 Å². The van der Waals surface area contributed by atoms with Crippen molar-refractivity contribution in [1.29, 1.82) is 0 Å². The van der Waals surface area contributed by atoms with E-state index in [4.69, 9.17) is 0 Å². The van der Waals surface area contributed by atoms with E-state index in [1.807, 2.05) is 12.4 Å². The van der Waals surface area contributed by atoms with Crippen molar-refractivity contribution < 1.29 is 0 Å². The second-order valence-corrected chi connectivity index (χ2v) is 5.05. The lowest BCUT2D eigenvalue weighted by atomic mass is 10.2. The van der Waals surface area contributed by atoms with E-state index in [1.54, 1.807) is 0 Å². The number of nitrogens with one attached hydrogen (secondary N) is 1. The highest BCUT2D eigenvalue weighted by atomic mass is 127. The van der Waals surface area contributed by atoms with E-state index < -0.39 is 0 Å². The molecule has 0 radical (unpaired) electrons. The van der Waals surface area contributed by atoms with Gasteiger partial charge in [-0.2, -0.15) is 0 Å². The third-order valence-electron chi connectivity index (χ3n) is 1.49. The van der Waals surface area contributed by atoms with Gasteiger partial charge in [0.1, 0.15) is 5.82 Å². The number of hydrogen-bond donors (Lipinski definition) is 1. The second kappa shape index (κ2) is 2.89. The molecule has 2 rings (SSSR count). The summed E-state index contributed by atoms with van der Waals surface area (Å²) in [6.45, 7) is 2.18. The first-order valence-corrected chi connectivity index (χ1v) is 5.87. The average Bonchev–Trinajstić information content (AvgIpc) is 2.38. The average molecular weight is 260 g/mol. The SMILES string of the molecule is CC1C=Nc2[nH]ccc2I=C1. The molecule has 1 N–H and O–H groups in total. The van der Waals surface area contributed by atoms with E-state index in [-0.39, 0.29) is 20.7 Å². The Hall–Kier alpha value is -0.450. The van der Waals surface area contributed by atoms with Gasteiger partial charge in [-0.3, -0.25) is 0 Å². The van der Waals surface area contributed by atoms with Crippen LogP contribution in [0.4, 0.5) is 5.82 Å². The van der Waals surface area contributed by atoms with Gasteiger partial charge in [0.2, 0.25) is 0 Å². The molecule has 0 bridgehead atoms. The molecule has 0 spiro atoms. The summed E-state index contributed by atoms with van der Waals surface area (Å²) in [6.07, 6.45) is 3.97. The summed E-state index contributed by atoms with van der Waals surface area (Å²) < 4.78 is 3.78. The van der Waals surface area contributed by atoms with Gasteiger partial charge in [0.05, 0.1) is 3.57 Å². The first kappa shape index (κ1) is 7.21. The number of H-pyrrole nitrogens is 1. The summed E-state index contributed by atoms with van der Waals surface area (Å²) in [6, 6.07) is 2.13. The second-order valence-electron chi connectivity index (χ2n) is 2.55. The Morgan fingerprint density at radius 3 is 3.45 bits per heavy atom. The molecule has 1 aromatic heterocycles. The Balaban J connectivity index is 2.48.